The van der Waals surface area contributed by atoms with Gasteiger partial charge in [0.2, 0.25) is 0 Å². The summed E-state index contributed by atoms with van der Waals surface area (Å²) in [7, 11) is 1.58. The van der Waals surface area contributed by atoms with E-state index >= 15 is 0 Å². The second-order valence-electron chi connectivity index (χ2n) is 7.85. The quantitative estimate of drug-likeness (QED) is 0.288. The summed E-state index contributed by atoms with van der Waals surface area (Å²) < 4.78 is 11.3. The highest BCUT2D eigenvalue weighted by atomic mass is 16.5. The number of rotatable bonds is 8. The summed E-state index contributed by atoms with van der Waals surface area (Å²) in [5.74, 6) is 0.829. The number of carbonyl (C=O) groups excluding carboxylic acids is 1. The van der Waals surface area contributed by atoms with E-state index in [-0.39, 0.29) is 5.91 Å². The first kappa shape index (κ1) is 22.8. The van der Waals surface area contributed by atoms with Crippen molar-refractivity contribution in [2.24, 2.45) is 5.10 Å². The number of aryl methyl sites for hydroxylation is 2. The number of hydrogen-bond donors (Lipinski definition) is 2. The topological polar surface area (TPSA) is 88.6 Å². The molecule has 4 aromatic rings. The van der Waals surface area contributed by atoms with Gasteiger partial charge in [0, 0.05) is 5.56 Å². The van der Waals surface area contributed by atoms with Crippen LogP contribution in [0.5, 0.6) is 11.5 Å². The largest absolute Gasteiger partial charge is 0.493 e. The van der Waals surface area contributed by atoms with Gasteiger partial charge in [-0.1, -0.05) is 42.5 Å². The van der Waals surface area contributed by atoms with E-state index in [2.05, 4.69) is 27.6 Å². The number of nitrogens with one attached hydrogen (secondary N) is 2. The standard InChI is InChI=1S/C27H26N4O3/c1-18-9-11-22(13-19(18)2)23-15-24(30-29-23)27(32)31-28-16-21-10-12-25(26(14-21)33-3)34-17-20-7-5-4-6-8-20/h4-16H,17H2,1-3H3,(H,29,30)(H,31,32)/b28-16-. The summed E-state index contributed by atoms with van der Waals surface area (Å²) in [4.78, 5) is 12.5. The molecule has 0 saturated heterocycles. The SMILES string of the molecule is COc1cc(/C=N\NC(=O)c2cc(-c3ccc(C)c(C)c3)n[nH]2)ccc1OCc1ccccc1. The van der Waals surface area contributed by atoms with Gasteiger partial charge in [-0.15, -0.1) is 0 Å². The number of benzene rings is 3. The first-order valence-electron chi connectivity index (χ1n) is 10.8. The maximum absolute atomic E-state index is 12.5. The Kier molecular flexibility index (Phi) is 7.03. The van der Waals surface area contributed by atoms with Crippen LogP contribution in [-0.4, -0.2) is 29.4 Å². The van der Waals surface area contributed by atoms with Crippen LogP contribution in [0.15, 0.2) is 77.9 Å². The number of hydrogen-bond acceptors (Lipinski definition) is 5. The van der Waals surface area contributed by atoms with Crippen molar-refractivity contribution >= 4 is 12.1 Å². The maximum Gasteiger partial charge on any atom is 0.289 e. The van der Waals surface area contributed by atoms with Crippen molar-refractivity contribution in [3.8, 4) is 22.8 Å². The van der Waals surface area contributed by atoms with Crippen molar-refractivity contribution in [1.29, 1.82) is 0 Å². The van der Waals surface area contributed by atoms with Gasteiger partial charge < -0.3 is 9.47 Å². The van der Waals surface area contributed by atoms with Gasteiger partial charge in [0.15, 0.2) is 11.5 Å². The molecule has 0 bridgehead atoms. The van der Waals surface area contributed by atoms with Gasteiger partial charge in [-0.05, 0) is 66.4 Å². The molecule has 0 atom stereocenters. The smallest absolute Gasteiger partial charge is 0.289 e. The van der Waals surface area contributed by atoms with E-state index in [9.17, 15) is 4.79 Å². The van der Waals surface area contributed by atoms with Crippen LogP contribution in [0.2, 0.25) is 0 Å². The number of aromatic amines is 1. The number of methoxy groups -OCH3 is 1. The Morgan fingerprint density at radius 2 is 1.82 bits per heavy atom. The highest BCUT2D eigenvalue weighted by molar-refractivity contribution is 5.94. The Morgan fingerprint density at radius 3 is 2.59 bits per heavy atom. The van der Waals surface area contributed by atoms with Crippen molar-refractivity contribution in [2.45, 2.75) is 20.5 Å². The number of nitrogens with zero attached hydrogens (tertiary/aromatic N) is 2. The van der Waals surface area contributed by atoms with Gasteiger partial charge in [0.05, 0.1) is 19.0 Å². The molecule has 0 fully saturated rings. The van der Waals surface area contributed by atoms with Gasteiger partial charge >= 0.3 is 0 Å². The lowest BCUT2D eigenvalue weighted by molar-refractivity contribution is 0.0950. The lowest BCUT2D eigenvalue weighted by Gasteiger charge is -2.11. The van der Waals surface area contributed by atoms with Crippen LogP contribution in [-0.2, 0) is 6.61 Å². The number of aromatic nitrogens is 2. The Hall–Kier alpha value is -4.39. The molecule has 2 N–H and O–H groups in total. The zero-order chi connectivity index (χ0) is 23.9. The second-order valence-corrected chi connectivity index (χ2v) is 7.85. The fourth-order valence-electron chi connectivity index (χ4n) is 3.33. The van der Waals surface area contributed by atoms with Crippen LogP contribution in [0.3, 0.4) is 0 Å². The average Bonchev–Trinajstić information content (AvgIpc) is 3.36. The molecule has 0 radical (unpaired) electrons. The van der Waals surface area contributed by atoms with Gasteiger partial charge in [0.25, 0.3) is 5.91 Å². The monoisotopic (exact) mass is 454 g/mol. The normalized spacial score (nSPS) is 10.9. The molecule has 3 aromatic carbocycles. The fourth-order valence-corrected chi connectivity index (χ4v) is 3.33. The van der Waals surface area contributed by atoms with Gasteiger partial charge in [-0.3, -0.25) is 9.89 Å². The minimum Gasteiger partial charge on any atom is -0.493 e. The molecule has 0 unspecified atom stereocenters. The minimum atomic E-state index is -0.381. The van der Waals surface area contributed by atoms with Crippen LogP contribution in [0, 0.1) is 13.8 Å². The Bertz CT molecular complexity index is 1310. The van der Waals surface area contributed by atoms with E-state index in [1.807, 2.05) is 67.6 Å². The van der Waals surface area contributed by atoms with Crippen LogP contribution in [0.4, 0.5) is 0 Å². The van der Waals surface area contributed by atoms with Gasteiger partial charge in [0.1, 0.15) is 12.3 Å². The predicted octanol–water partition coefficient (Wildman–Crippen LogP) is 5.05. The molecule has 1 heterocycles. The molecule has 0 aliphatic carbocycles. The molecule has 0 spiro atoms. The van der Waals surface area contributed by atoms with E-state index in [1.54, 1.807) is 25.5 Å². The summed E-state index contributed by atoms with van der Waals surface area (Å²) in [6.07, 6.45) is 1.54. The van der Waals surface area contributed by atoms with E-state index in [1.165, 1.54) is 11.1 Å². The lowest BCUT2D eigenvalue weighted by atomic mass is 10.0. The molecule has 0 saturated carbocycles. The van der Waals surface area contributed by atoms with E-state index in [0.717, 1.165) is 16.7 Å². The van der Waals surface area contributed by atoms with E-state index in [0.29, 0.717) is 29.5 Å². The molecule has 7 nitrogen and oxygen atoms in total. The highest BCUT2D eigenvalue weighted by Crippen LogP contribution is 2.28. The zero-order valence-electron chi connectivity index (χ0n) is 19.3. The van der Waals surface area contributed by atoms with Crippen molar-refractivity contribution < 1.29 is 14.3 Å². The van der Waals surface area contributed by atoms with E-state index in [4.69, 9.17) is 9.47 Å². The first-order valence-corrected chi connectivity index (χ1v) is 10.8. The molecule has 1 aromatic heterocycles. The fraction of sp³-hybridized carbons (Fsp3) is 0.148. The molecule has 7 heteroatoms. The number of hydrazone groups is 1. The van der Waals surface area contributed by atoms with Crippen LogP contribution in [0.1, 0.15) is 32.7 Å². The van der Waals surface area contributed by atoms with Crippen molar-refractivity contribution in [3.63, 3.8) is 0 Å². The molecule has 4 rings (SSSR count). The van der Waals surface area contributed by atoms with Crippen molar-refractivity contribution in [2.75, 3.05) is 7.11 Å². The van der Waals surface area contributed by atoms with Crippen molar-refractivity contribution in [3.05, 3.63) is 101 Å². The summed E-state index contributed by atoms with van der Waals surface area (Å²) in [5, 5.41) is 11.1. The summed E-state index contributed by atoms with van der Waals surface area (Å²) in [5.41, 5.74) is 8.69. The van der Waals surface area contributed by atoms with Crippen molar-refractivity contribution in [1.82, 2.24) is 15.6 Å². The van der Waals surface area contributed by atoms with Crippen LogP contribution >= 0.6 is 0 Å². The third kappa shape index (κ3) is 5.50. The summed E-state index contributed by atoms with van der Waals surface area (Å²) in [6, 6.07) is 23.1. The number of amides is 1. The third-order valence-electron chi connectivity index (χ3n) is 5.43. The minimum absolute atomic E-state index is 0.326. The zero-order valence-corrected chi connectivity index (χ0v) is 19.3. The summed E-state index contributed by atoms with van der Waals surface area (Å²) >= 11 is 0. The lowest BCUT2D eigenvalue weighted by Crippen LogP contribution is -2.18. The number of ether oxygens (including phenoxy) is 2. The molecule has 34 heavy (non-hydrogen) atoms. The molecular weight excluding hydrogens is 428 g/mol. The first-order chi connectivity index (χ1) is 16.5. The Balaban J connectivity index is 1.37. The Morgan fingerprint density at radius 1 is 1.00 bits per heavy atom. The number of H-pyrrole nitrogens is 1. The molecule has 1 amide bonds. The maximum atomic E-state index is 12.5. The van der Waals surface area contributed by atoms with E-state index < -0.39 is 0 Å². The third-order valence-corrected chi connectivity index (χ3v) is 5.43. The van der Waals surface area contributed by atoms with Gasteiger partial charge in [-0.25, -0.2) is 5.43 Å². The average molecular weight is 455 g/mol. The van der Waals surface area contributed by atoms with Crippen LogP contribution in [0.25, 0.3) is 11.3 Å². The molecule has 0 aliphatic heterocycles. The predicted molar refractivity (Wildman–Crippen MR) is 132 cm³/mol. The Labute approximate surface area is 198 Å². The molecule has 0 aliphatic rings. The van der Waals surface area contributed by atoms with Crippen LogP contribution < -0.4 is 14.9 Å². The molecule has 172 valence electrons. The van der Waals surface area contributed by atoms with Gasteiger partial charge in [-0.2, -0.15) is 10.2 Å². The number of carbonyl (C=O) groups is 1. The summed E-state index contributed by atoms with van der Waals surface area (Å²) in [6.45, 7) is 4.54. The molecular formula is C27H26N4O3. The highest BCUT2D eigenvalue weighted by Gasteiger charge is 2.11. The second kappa shape index (κ2) is 10.5.